The number of nitrogens with zero attached hydrogens (tertiary/aromatic N) is 1. The van der Waals surface area contributed by atoms with Crippen molar-refractivity contribution < 1.29 is 24.6 Å². The smallest absolute Gasteiger partial charge is 0.320 e. The number of hydrogen-bond donors (Lipinski definition) is 2. The van der Waals surface area contributed by atoms with Gasteiger partial charge < -0.3 is 10.2 Å². The summed E-state index contributed by atoms with van der Waals surface area (Å²) < 4.78 is 0. The summed E-state index contributed by atoms with van der Waals surface area (Å²) >= 11 is 0. The van der Waals surface area contributed by atoms with Crippen molar-refractivity contribution in [1.82, 2.24) is 4.90 Å². The number of amides is 2. The Hall–Kier alpha value is -2.21. The van der Waals surface area contributed by atoms with Gasteiger partial charge >= 0.3 is 5.97 Å². The van der Waals surface area contributed by atoms with Crippen molar-refractivity contribution in [3.8, 4) is 0 Å². The Morgan fingerprint density at radius 3 is 2.58 bits per heavy atom. The number of β-amino-alcohol motifs (C(OH)–C–C–N with tert-alkyl or cyclic N) is 1. The van der Waals surface area contributed by atoms with Crippen LogP contribution in [0.3, 0.4) is 0 Å². The SMILES string of the molecule is CC(O)CN1C(=O)c2ccccc2C(C(=O)O)C1=O. The fourth-order valence-corrected chi connectivity index (χ4v) is 2.15. The highest BCUT2D eigenvalue weighted by Crippen LogP contribution is 2.29. The van der Waals surface area contributed by atoms with Gasteiger partial charge in [-0.1, -0.05) is 18.2 Å². The van der Waals surface area contributed by atoms with Crippen molar-refractivity contribution in [3.05, 3.63) is 35.4 Å². The molecule has 0 aliphatic carbocycles. The molecule has 0 saturated heterocycles. The molecule has 2 unspecified atom stereocenters. The Balaban J connectivity index is 2.53. The molecule has 6 nitrogen and oxygen atoms in total. The quantitative estimate of drug-likeness (QED) is 0.600. The highest BCUT2D eigenvalue weighted by Gasteiger charge is 2.42. The summed E-state index contributed by atoms with van der Waals surface area (Å²) in [6.45, 7) is 1.21. The molecule has 1 aromatic rings. The normalized spacial score (nSPS) is 20.1. The van der Waals surface area contributed by atoms with Gasteiger partial charge in [-0.05, 0) is 18.6 Å². The third-order valence-electron chi connectivity index (χ3n) is 2.95. The molecular weight excluding hydrogens is 250 g/mol. The van der Waals surface area contributed by atoms with Crippen LogP contribution in [0.25, 0.3) is 0 Å². The molecule has 2 amide bonds. The maximum absolute atomic E-state index is 12.1. The maximum Gasteiger partial charge on any atom is 0.320 e. The Morgan fingerprint density at radius 1 is 1.37 bits per heavy atom. The van der Waals surface area contributed by atoms with Gasteiger partial charge in [0.2, 0.25) is 5.91 Å². The topological polar surface area (TPSA) is 94.9 Å². The van der Waals surface area contributed by atoms with Gasteiger partial charge in [0.25, 0.3) is 5.91 Å². The van der Waals surface area contributed by atoms with E-state index in [0.29, 0.717) is 0 Å². The van der Waals surface area contributed by atoms with E-state index in [2.05, 4.69) is 0 Å². The Morgan fingerprint density at radius 2 is 2.00 bits per heavy atom. The van der Waals surface area contributed by atoms with Crippen LogP contribution in [0.15, 0.2) is 24.3 Å². The first kappa shape index (κ1) is 13.2. The zero-order chi connectivity index (χ0) is 14.2. The fourth-order valence-electron chi connectivity index (χ4n) is 2.15. The van der Waals surface area contributed by atoms with Gasteiger partial charge in [0, 0.05) is 5.56 Å². The van der Waals surface area contributed by atoms with Gasteiger partial charge in [-0.25, -0.2) is 0 Å². The molecule has 19 heavy (non-hydrogen) atoms. The van der Waals surface area contributed by atoms with Crippen LogP contribution in [0.4, 0.5) is 0 Å². The molecule has 100 valence electrons. The maximum atomic E-state index is 12.1. The van der Waals surface area contributed by atoms with Crippen molar-refractivity contribution >= 4 is 17.8 Å². The van der Waals surface area contributed by atoms with E-state index < -0.39 is 29.8 Å². The molecular formula is C13H13NO5. The first-order chi connectivity index (χ1) is 8.93. The van der Waals surface area contributed by atoms with E-state index in [4.69, 9.17) is 0 Å². The van der Waals surface area contributed by atoms with Crippen LogP contribution >= 0.6 is 0 Å². The highest BCUT2D eigenvalue weighted by atomic mass is 16.4. The molecule has 0 bridgehead atoms. The summed E-state index contributed by atoms with van der Waals surface area (Å²) in [5.74, 6) is -4.08. The second kappa shape index (κ2) is 4.81. The average Bonchev–Trinajstić information content (AvgIpc) is 2.34. The van der Waals surface area contributed by atoms with Crippen molar-refractivity contribution in [1.29, 1.82) is 0 Å². The number of aliphatic hydroxyl groups is 1. The predicted molar refractivity (Wildman–Crippen MR) is 64.5 cm³/mol. The summed E-state index contributed by atoms with van der Waals surface area (Å²) in [7, 11) is 0. The number of carbonyl (C=O) groups is 3. The lowest BCUT2D eigenvalue weighted by molar-refractivity contribution is -0.146. The number of carbonyl (C=O) groups excluding carboxylic acids is 2. The number of carboxylic acid groups (broad SMARTS) is 1. The van der Waals surface area contributed by atoms with Gasteiger partial charge in [0.05, 0.1) is 12.6 Å². The molecule has 1 heterocycles. The molecule has 1 aromatic carbocycles. The van der Waals surface area contributed by atoms with E-state index in [1.54, 1.807) is 12.1 Å². The number of imide groups is 1. The van der Waals surface area contributed by atoms with E-state index in [1.165, 1.54) is 19.1 Å². The Bertz CT molecular complexity index is 552. The zero-order valence-electron chi connectivity index (χ0n) is 10.2. The summed E-state index contributed by atoms with van der Waals surface area (Å²) in [4.78, 5) is 36.3. The minimum Gasteiger partial charge on any atom is -0.480 e. The van der Waals surface area contributed by atoms with Crippen LogP contribution in [0, 0.1) is 0 Å². The average molecular weight is 263 g/mol. The molecule has 0 radical (unpaired) electrons. The van der Waals surface area contributed by atoms with Gasteiger partial charge in [0.1, 0.15) is 0 Å². The minimum atomic E-state index is -1.40. The van der Waals surface area contributed by atoms with Gasteiger partial charge in [-0.15, -0.1) is 0 Å². The molecule has 0 saturated carbocycles. The van der Waals surface area contributed by atoms with Crippen molar-refractivity contribution in [3.63, 3.8) is 0 Å². The molecule has 2 rings (SSSR count). The summed E-state index contributed by atoms with van der Waals surface area (Å²) in [5.41, 5.74) is 0.391. The lowest BCUT2D eigenvalue weighted by atomic mass is 9.88. The Labute approximate surface area is 109 Å². The zero-order valence-corrected chi connectivity index (χ0v) is 10.2. The van der Waals surface area contributed by atoms with Crippen molar-refractivity contribution in [2.24, 2.45) is 0 Å². The van der Waals surface area contributed by atoms with Crippen LogP contribution < -0.4 is 0 Å². The van der Waals surface area contributed by atoms with E-state index in [0.717, 1.165) is 4.90 Å². The summed E-state index contributed by atoms with van der Waals surface area (Å²) in [6.07, 6.45) is -0.910. The van der Waals surface area contributed by atoms with Crippen LogP contribution in [0.5, 0.6) is 0 Å². The van der Waals surface area contributed by atoms with Gasteiger partial charge in [-0.2, -0.15) is 0 Å². The monoisotopic (exact) mass is 263 g/mol. The number of hydrogen-bond acceptors (Lipinski definition) is 4. The second-order valence-electron chi connectivity index (χ2n) is 4.46. The summed E-state index contributed by atoms with van der Waals surface area (Å²) in [6, 6.07) is 6.13. The number of carboxylic acids is 1. The second-order valence-corrected chi connectivity index (χ2v) is 4.46. The molecule has 0 fully saturated rings. The number of aliphatic carboxylic acids is 1. The minimum absolute atomic E-state index is 0.190. The molecule has 0 spiro atoms. The number of rotatable bonds is 3. The molecule has 2 N–H and O–H groups in total. The van der Waals surface area contributed by atoms with Gasteiger partial charge in [0.15, 0.2) is 5.92 Å². The highest BCUT2D eigenvalue weighted by molar-refractivity contribution is 6.17. The van der Waals surface area contributed by atoms with Crippen molar-refractivity contribution in [2.45, 2.75) is 18.9 Å². The van der Waals surface area contributed by atoms with E-state index in [9.17, 15) is 24.6 Å². The first-order valence-electron chi connectivity index (χ1n) is 5.79. The van der Waals surface area contributed by atoms with E-state index >= 15 is 0 Å². The standard InChI is InChI=1S/C13H13NO5/c1-7(15)6-14-11(16)9-5-3-2-4-8(9)10(12(14)17)13(18)19/h2-5,7,10,15H,6H2,1H3,(H,18,19). The fraction of sp³-hybridized carbons (Fsp3) is 0.308. The molecule has 0 aromatic heterocycles. The van der Waals surface area contributed by atoms with Crippen LogP contribution in [-0.2, 0) is 9.59 Å². The lowest BCUT2D eigenvalue weighted by Gasteiger charge is -2.31. The van der Waals surface area contributed by atoms with Crippen LogP contribution in [0.2, 0.25) is 0 Å². The first-order valence-corrected chi connectivity index (χ1v) is 5.79. The van der Waals surface area contributed by atoms with E-state index in [1.807, 2.05) is 0 Å². The molecule has 1 aliphatic heterocycles. The van der Waals surface area contributed by atoms with Gasteiger partial charge in [-0.3, -0.25) is 19.3 Å². The number of fused-ring (bicyclic) bond motifs is 1. The molecule has 6 heteroatoms. The summed E-state index contributed by atoms with van der Waals surface area (Å²) in [5, 5.41) is 18.5. The van der Waals surface area contributed by atoms with Crippen LogP contribution in [0.1, 0.15) is 28.8 Å². The predicted octanol–water partition coefficient (Wildman–Crippen LogP) is 0.218. The van der Waals surface area contributed by atoms with Crippen molar-refractivity contribution in [2.75, 3.05) is 6.54 Å². The Kier molecular flexibility index (Phi) is 3.35. The lowest BCUT2D eigenvalue weighted by Crippen LogP contribution is -2.49. The third kappa shape index (κ3) is 2.22. The largest absolute Gasteiger partial charge is 0.480 e. The van der Waals surface area contributed by atoms with E-state index in [-0.39, 0.29) is 17.7 Å². The van der Waals surface area contributed by atoms with Crippen LogP contribution in [-0.4, -0.2) is 45.5 Å². The molecule has 2 atom stereocenters. The third-order valence-corrected chi connectivity index (χ3v) is 2.95. The number of aliphatic hydroxyl groups excluding tert-OH is 1. The number of benzene rings is 1. The molecule has 1 aliphatic rings.